The van der Waals surface area contributed by atoms with E-state index in [1.54, 1.807) is 36.4 Å². The summed E-state index contributed by atoms with van der Waals surface area (Å²) in [6.07, 6.45) is 4.96. The fourth-order valence-corrected chi connectivity index (χ4v) is 3.80. The molecule has 3 rings (SSSR count). The zero-order valence-corrected chi connectivity index (χ0v) is 18.6. The van der Waals surface area contributed by atoms with E-state index in [1.807, 2.05) is 12.1 Å². The standard InChI is InChI=1S/C25H34N4O3/c30-23-9-7-20(8-10-23)11-13-26-14-12-24(31)28-22-6-4-5-21(19-22)25(32)27-15-18-29-16-2-1-3-17-29/h4-10,19,26,30H,1-3,11-18H2,(H,27,32)(H,28,31). The molecule has 1 heterocycles. The van der Waals surface area contributed by atoms with Crippen molar-refractivity contribution in [2.75, 3.05) is 44.6 Å². The molecule has 0 aliphatic carbocycles. The number of hydrogen-bond acceptors (Lipinski definition) is 5. The lowest BCUT2D eigenvalue weighted by Crippen LogP contribution is -2.37. The summed E-state index contributed by atoms with van der Waals surface area (Å²) < 4.78 is 0. The smallest absolute Gasteiger partial charge is 0.251 e. The van der Waals surface area contributed by atoms with Crippen LogP contribution in [-0.4, -0.2) is 61.1 Å². The van der Waals surface area contributed by atoms with Crippen LogP contribution in [0.1, 0.15) is 41.6 Å². The summed E-state index contributed by atoms with van der Waals surface area (Å²) in [4.78, 5) is 27.1. The van der Waals surface area contributed by atoms with Crippen molar-refractivity contribution >= 4 is 17.5 Å². The lowest BCUT2D eigenvalue weighted by Gasteiger charge is -2.26. The molecule has 7 nitrogen and oxygen atoms in total. The predicted molar refractivity (Wildman–Crippen MR) is 127 cm³/mol. The first kappa shape index (κ1) is 23.8. The van der Waals surface area contributed by atoms with E-state index < -0.39 is 0 Å². The van der Waals surface area contributed by atoms with Crippen molar-refractivity contribution < 1.29 is 14.7 Å². The van der Waals surface area contributed by atoms with Crippen LogP contribution in [0.4, 0.5) is 5.69 Å². The maximum atomic E-state index is 12.4. The van der Waals surface area contributed by atoms with Gasteiger partial charge in [0.05, 0.1) is 0 Å². The molecular weight excluding hydrogens is 404 g/mol. The zero-order chi connectivity index (χ0) is 22.6. The molecule has 0 unspecified atom stereocenters. The number of piperidine rings is 1. The molecule has 172 valence electrons. The maximum Gasteiger partial charge on any atom is 0.251 e. The average molecular weight is 439 g/mol. The van der Waals surface area contributed by atoms with E-state index in [4.69, 9.17) is 0 Å². The highest BCUT2D eigenvalue weighted by Crippen LogP contribution is 2.12. The Bertz CT molecular complexity index is 864. The normalized spacial score (nSPS) is 14.1. The van der Waals surface area contributed by atoms with Crippen LogP contribution in [-0.2, 0) is 11.2 Å². The summed E-state index contributed by atoms with van der Waals surface area (Å²) in [5.41, 5.74) is 2.31. The largest absolute Gasteiger partial charge is 0.508 e. The fraction of sp³-hybridized carbons (Fsp3) is 0.440. The molecule has 2 amide bonds. The van der Waals surface area contributed by atoms with Crippen molar-refractivity contribution in [2.45, 2.75) is 32.1 Å². The van der Waals surface area contributed by atoms with Gasteiger partial charge in [0.25, 0.3) is 5.91 Å². The van der Waals surface area contributed by atoms with Crippen LogP contribution in [0.5, 0.6) is 5.75 Å². The van der Waals surface area contributed by atoms with Crippen molar-refractivity contribution in [2.24, 2.45) is 0 Å². The Balaban J connectivity index is 1.33. The summed E-state index contributed by atoms with van der Waals surface area (Å²) in [7, 11) is 0. The van der Waals surface area contributed by atoms with Crippen molar-refractivity contribution in [3.05, 3.63) is 59.7 Å². The molecule has 1 saturated heterocycles. The number of phenols is 1. The summed E-state index contributed by atoms with van der Waals surface area (Å²) in [6, 6.07) is 14.2. The number of carbonyl (C=O) groups excluding carboxylic acids is 2. The SMILES string of the molecule is O=C(CCNCCc1ccc(O)cc1)Nc1cccc(C(=O)NCCN2CCCCC2)c1. The topological polar surface area (TPSA) is 93.7 Å². The van der Waals surface area contributed by atoms with Gasteiger partial charge < -0.3 is 26.0 Å². The van der Waals surface area contributed by atoms with Crippen molar-refractivity contribution in [1.29, 1.82) is 0 Å². The van der Waals surface area contributed by atoms with Crippen LogP contribution in [0, 0.1) is 0 Å². The Hall–Kier alpha value is -2.90. The van der Waals surface area contributed by atoms with Crippen LogP contribution in [0.2, 0.25) is 0 Å². The van der Waals surface area contributed by atoms with Gasteiger partial charge in [-0.15, -0.1) is 0 Å². The van der Waals surface area contributed by atoms with E-state index >= 15 is 0 Å². The van der Waals surface area contributed by atoms with Crippen molar-refractivity contribution in [3.63, 3.8) is 0 Å². The number of anilines is 1. The zero-order valence-electron chi connectivity index (χ0n) is 18.6. The molecular formula is C25H34N4O3. The molecule has 1 aliphatic heterocycles. The number of aromatic hydroxyl groups is 1. The third kappa shape index (κ3) is 8.32. The van der Waals surface area contributed by atoms with Crippen LogP contribution < -0.4 is 16.0 Å². The maximum absolute atomic E-state index is 12.4. The molecule has 0 saturated carbocycles. The van der Waals surface area contributed by atoms with Gasteiger partial charge in [0, 0.05) is 37.3 Å². The van der Waals surface area contributed by atoms with E-state index in [2.05, 4.69) is 20.9 Å². The summed E-state index contributed by atoms with van der Waals surface area (Å²) in [5, 5.41) is 18.4. The summed E-state index contributed by atoms with van der Waals surface area (Å²) in [5.74, 6) is 0.0520. The Labute approximate surface area is 190 Å². The van der Waals surface area contributed by atoms with Crippen LogP contribution >= 0.6 is 0 Å². The molecule has 0 spiro atoms. The molecule has 0 atom stereocenters. The first-order valence-electron chi connectivity index (χ1n) is 11.5. The van der Waals surface area contributed by atoms with Gasteiger partial charge in [0.2, 0.25) is 5.91 Å². The number of benzene rings is 2. The molecule has 32 heavy (non-hydrogen) atoms. The second-order valence-corrected chi connectivity index (χ2v) is 8.20. The average Bonchev–Trinajstić information content (AvgIpc) is 2.81. The Morgan fingerprint density at radius 1 is 0.938 bits per heavy atom. The van der Waals surface area contributed by atoms with Crippen molar-refractivity contribution in [3.8, 4) is 5.75 Å². The Morgan fingerprint density at radius 2 is 1.72 bits per heavy atom. The molecule has 0 radical (unpaired) electrons. The van der Waals surface area contributed by atoms with Gasteiger partial charge in [0.1, 0.15) is 5.75 Å². The number of nitrogens with zero attached hydrogens (tertiary/aromatic N) is 1. The van der Waals surface area contributed by atoms with E-state index in [1.165, 1.54) is 19.3 Å². The number of hydrogen-bond donors (Lipinski definition) is 4. The highest BCUT2D eigenvalue weighted by atomic mass is 16.3. The molecule has 4 N–H and O–H groups in total. The summed E-state index contributed by atoms with van der Waals surface area (Å²) >= 11 is 0. The first-order chi connectivity index (χ1) is 15.6. The van der Waals surface area contributed by atoms with Crippen LogP contribution in [0.15, 0.2) is 48.5 Å². The van der Waals surface area contributed by atoms with E-state index in [0.717, 1.165) is 38.2 Å². The minimum Gasteiger partial charge on any atom is -0.508 e. The van der Waals surface area contributed by atoms with Crippen molar-refractivity contribution in [1.82, 2.24) is 15.5 Å². The van der Waals surface area contributed by atoms with Crippen LogP contribution in [0.3, 0.4) is 0 Å². The number of rotatable bonds is 11. The number of amides is 2. The number of nitrogens with one attached hydrogen (secondary N) is 3. The van der Waals surface area contributed by atoms with Gasteiger partial charge in [-0.2, -0.15) is 0 Å². The third-order valence-corrected chi connectivity index (χ3v) is 5.63. The fourth-order valence-electron chi connectivity index (χ4n) is 3.80. The summed E-state index contributed by atoms with van der Waals surface area (Å²) in [6.45, 7) is 5.06. The van der Waals surface area contributed by atoms with Gasteiger partial charge in [0.15, 0.2) is 0 Å². The van der Waals surface area contributed by atoms with E-state index in [9.17, 15) is 14.7 Å². The predicted octanol–water partition coefficient (Wildman–Crippen LogP) is 2.77. The minimum atomic E-state index is -0.117. The second-order valence-electron chi connectivity index (χ2n) is 8.20. The lowest BCUT2D eigenvalue weighted by molar-refractivity contribution is -0.116. The van der Waals surface area contributed by atoms with Gasteiger partial charge >= 0.3 is 0 Å². The minimum absolute atomic E-state index is 0.0928. The highest BCUT2D eigenvalue weighted by Gasteiger charge is 2.11. The highest BCUT2D eigenvalue weighted by molar-refractivity contribution is 5.97. The number of phenolic OH excluding ortho intramolecular Hbond substituents is 1. The number of likely N-dealkylation sites (tertiary alicyclic amines) is 1. The molecule has 0 aromatic heterocycles. The molecule has 1 aliphatic rings. The Kier molecular flexibility index (Phi) is 9.53. The molecule has 2 aromatic carbocycles. The third-order valence-electron chi connectivity index (χ3n) is 5.63. The quantitative estimate of drug-likeness (QED) is 0.405. The van der Waals surface area contributed by atoms with Gasteiger partial charge in [-0.3, -0.25) is 9.59 Å². The molecule has 2 aromatic rings. The van der Waals surface area contributed by atoms with Gasteiger partial charge in [-0.25, -0.2) is 0 Å². The number of carbonyl (C=O) groups is 2. The Morgan fingerprint density at radius 3 is 2.50 bits per heavy atom. The first-order valence-corrected chi connectivity index (χ1v) is 11.5. The second kappa shape index (κ2) is 12.8. The van der Waals surface area contributed by atoms with Gasteiger partial charge in [-0.1, -0.05) is 24.6 Å². The van der Waals surface area contributed by atoms with E-state index in [0.29, 0.717) is 30.8 Å². The molecule has 7 heteroatoms. The lowest BCUT2D eigenvalue weighted by atomic mass is 10.1. The van der Waals surface area contributed by atoms with Crippen LogP contribution in [0.25, 0.3) is 0 Å². The van der Waals surface area contributed by atoms with E-state index in [-0.39, 0.29) is 17.6 Å². The molecule has 0 bridgehead atoms. The van der Waals surface area contributed by atoms with Gasteiger partial charge in [-0.05, 0) is 74.8 Å². The monoisotopic (exact) mass is 438 g/mol. The molecule has 1 fully saturated rings.